The maximum Gasteiger partial charge on any atom is 0.264 e. The van der Waals surface area contributed by atoms with Crippen LogP contribution >= 0.6 is 0 Å². The smallest absolute Gasteiger partial charge is 0.264 e. The molecule has 8 nitrogen and oxygen atoms in total. The van der Waals surface area contributed by atoms with Crippen molar-refractivity contribution in [2.75, 3.05) is 17.4 Å². The van der Waals surface area contributed by atoms with Crippen molar-refractivity contribution in [3.63, 3.8) is 0 Å². The lowest BCUT2D eigenvalue weighted by Gasteiger charge is -2.34. The summed E-state index contributed by atoms with van der Waals surface area (Å²) in [5.41, 5.74) is 3.02. The molecule has 0 aromatic heterocycles. The molecular formula is C39H39N3O5S. The molecule has 1 N–H and O–H groups in total. The summed E-state index contributed by atoms with van der Waals surface area (Å²) in [7, 11) is -4.20. The van der Waals surface area contributed by atoms with Gasteiger partial charge in [-0.2, -0.15) is 0 Å². The number of carbonyl (C=O) groups excluding carboxylic acids is 2. The number of amides is 2. The molecule has 0 aliphatic heterocycles. The van der Waals surface area contributed by atoms with Gasteiger partial charge in [-0.3, -0.25) is 13.9 Å². The predicted molar refractivity (Wildman–Crippen MR) is 188 cm³/mol. The third-order valence-corrected chi connectivity index (χ3v) is 9.60. The Labute approximate surface area is 282 Å². The van der Waals surface area contributed by atoms with E-state index < -0.39 is 28.5 Å². The minimum atomic E-state index is -4.20. The van der Waals surface area contributed by atoms with E-state index in [2.05, 4.69) is 5.32 Å². The Morgan fingerprint density at radius 2 is 1.27 bits per heavy atom. The van der Waals surface area contributed by atoms with Crippen LogP contribution in [0.2, 0.25) is 0 Å². The van der Waals surface area contributed by atoms with Gasteiger partial charge in [0.25, 0.3) is 10.0 Å². The lowest BCUT2D eigenvalue weighted by atomic mass is 10.0. The van der Waals surface area contributed by atoms with Crippen LogP contribution in [0.25, 0.3) is 0 Å². The Bertz CT molecular complexity index is 1890. The molecule has 5 aromatic rings. The number of likely N-dealkylation sites (N-methyl/N-ethyl adjacent to an activating group) is 1. The fraction of sp³-hybridized carbons (Fsp3) is 0.179. The zero-order chi connectivity index (χ0) is 33.9. The highest BCUT2D eigenvalue weighted by Crippen LogP contribution is 2.29. The average molecular weight is 662 g/mol. The first-order valence-corrected chi connectivity index (χ1v) is 17.3. The van der Waals surface area contributed by atoms with Crippen molar-refractivity contribution >= 4 is 27.5 Å². The molecule has 5 aromatic carbocycles. The molecule has 0 fully saturated rings. The Kier molecular flexibility index (Phi) is 11.3. The lowest BCUT2D eigenvalue weighted by Crippen LogP contribution is -2.53. The number of sulfonamides is 1. The van der Waals surface area contributed by atoms with Crippen LogP contribution in [0.15, 0.2) is 144 Å². The molecule has 0 aliphatic carbocycles. The summed E-state index contributed by atoms with van der Waals surface area (Å²) in [6.45, 7) is 3.75. The Balaban J connectivity index is 1.53. The van der Waals surface area contributed by atoms with Crippen molar-refractivity contribution < 1.29 is 22.7 Å². The minimum Gasteiger partial charge on any atom is -0.457 e. The van der Waals surface area contributed by atoms with Gasteiger partial charge in [-0.05, 0) is 73.5 Å². The molecule has 0 saturated heterocycles. The van der Waals surface area contributed by atoms with E-state index in [4.69, 9.17) is 4.74 Å². The molecule has 246 valence electrons. The topological polar surface area (TPSA) is 96.0 Å². The lowest BCUT2D eigenvalue weighted by molar-refractivity contribution is -0.140. The summed E-state index contributed by atoms with van der Waals surface area (Å²) in [4.78, 5) is 29.7. The van der Waals surface area contributed by atoms with Crippen molar-refractivity contribution in [3.8, 4) is 11.5 Å². The Hall–Kier alpha value is -5.41. The summed E-state index contributed by atoms with van der Waals surface area (Å²) in [5.74, 6) is 0.304. The van der Waals surface area contributed by atoms with Crippen molar-refractivity contribution in [2.45, 2.75) is 37.8 Å². The average Bonchev–Trinajstić information content (AvgIpc) is 3.11. The Morgan fingerprint density at radius 3 is 1.88 bits per heavy atom. The molecule has 0 radical (unpaired) electrons. The van der Waals surface area contributed by atoms with Crippen LogP contribution in [0.3, 0.4) is 0 Å². The van der Waals surface area contributed by atoms with Crippen LogP contribution in [0.1, 0.15) is 23.6 Å². The van der Waals surface area contributed by atoms with Gasteiger partial charge >= 0.3 is 0 Å². The summed E-state index contributed by atoms with van der Waals surface area (Å²) >= 11 is 0. The van der Waals surface area contributed by atoms with E-state index >= 15 is 0 Å². The molecule has 2 amide bonds. The number of para-hydroxylation sites is 1. The summed E-state index contributed by atoms with van der Waals surface area (Å²) in [5, 5.41) is 2.88. The zero-order valence-electron chi connectivity index (χ0n) is 27.0. The maximum atomic E-state index is 14.5. The van der Waals surface area contributed by atoms with Gasteiger partial charge in [0.05, 0.1) is 10.6 Å². The molecule has 48 heavy (non-hydrogen) atoms. The van der Waals surface area contributed by atoms with Crippen LogP contribution in [0.4, 0.5) is 5.69 Å². The number of carbonyl (C=O) groups is 2. The minimum absolute atomic E-state index is 0.0389. The number of hydrogen-bond donors (Lipinski definition) is 1. The van der Waals surface area contributed by atoms with E-state index in [1.165, 1.54) is 17.0 Å². The first-order chi connectivity index (χ1) is 23.2. The van der Waals surface area contributed by atoms with E-state index in [-0.39, 0.29) is 29.5 Å². The van der Waals surface area contributed by atoms with Crippen molar-refractivity contribution in [1.29, 1.82) is 0 Å². The number of nitrogens with one attached hydrogen (secondary N) is 1. The second kappa shape index (κ2) is 15.9. The molecule has 5 rings (SSSR count). The normalized spacial score (nSPS) is 11.7. The van der Waals surface area contributed by atoms with Crippen molar-refractivity contribution in [1.82, 2.24) is 10.2 Å². The second-order valence-electron chi connectivity index (χ2n) is 11.3. The standard InChI is InChI=1S/C39H39N3O5S/c1-3-40-39(44)37(27-31-13-7-4-8-14-31)41(28-32-21-19-30(2)20-22-32)38(43)29-42(48(45,46)36-17-11-6-12-18-36)33-23-25-35(26-24-33)47-34-15-9-5-10-16-34/h4-26,37H,3,27-29H2,1-2H3,(H,40,44)/t37-/m0/s1. The SMILES string of the molecule is CCNC(=O)[C@H](Cc1ccccc1)N(Cc1ccc(C)cc1)C(=O)CN(c1ccc(Oc2ccccc2)cc1)S(=O)(=O)c1ccccc1. The highest BCUT2D eigenvalue weighted by molar-refractivity contribution is 7.92. The predicted octanol–water partition coefficient (Wildman–Crippen LogP) is 6.76. The molecule has 0 heterocycles. The number of aryl methyl sites for hydroxylation is 1. The van der Waals surface area contributed by atoms with Gasteiger partial charge in [-0.25, -0.2) is 8.42 Å². The third kappa shape index (κ3) is 8.68. The van der Waals surface area contributed by atoms with Gasteiger partial charge < -0.3 is 15.0 Å². The van der Waals surface area contributed by atoms with E-state index in [0.717, 1.165) is 21.0 Å². The third-order valence-electron chi connectivity index (χ3n) is 7.81. The van der Waals surface area contributed by atoms with E-state index in [1.807, 2.05) is 98.8 Å². The number of ether oxygens (including phenoxy) is 1. The van der Waals surface area contributed by atoms with Gasteiger partial charge in [0.2, 0.25) is 11.8 Å². The van der Waals surface area contributed by atoms with E-state index in [0.29, 0.717) is 18.0 Å². The largest absolute Gasteiger partial charge is 0.457 e. The monoisotopic (exact) mass is 661 g/mol. The first kappa shape index (κ1) is 33.9. The molecule has 9 heteroatoms. The van der Waals surface area contributed by atoms with Gasteiger partial charge in [0.1, 0.15) is 24.1 Å². The molecule has 0 aliphatic rings. The number of anilines is 1. The summed E-state index contributed by atoms with van der Waals surface area (Å²) in [6.07, 6.45) is 0.251. The van der Waals surface area contributed by atoms with Crippen LogP contribution < -0.4 is 14.4 Å². The van der Waals surface area contributed by atoms with Gasteiger partial charge in [0, 0.05) is 19.5 Å². The fourth-order valence-corrected chi connectivity index (χ4v) is 6.72. The van der Waals surface area contributed by atoms with E-state index in [1.54, 1.807) is 42.5 Å². The Morgan fingerprint density at radius 1 is 0.708 bits per heavy atom. The highest BCUT2D eigenvalue weighted by Gasteiger charge is 2.34. The molecule has 0 spiro atoms. The van der Waals surface area contributed by atoms with Gasteiger partial charge in [-0.1, -0.05) is 96.6 Å². The van der Waals surface area contributed by atoms with Crippen molar-refractivity contribution in [3.05, 3.63) is 156 Å². The van der Waals surface area contributed by atoms with Crippen LogP contribution in [0.5, 0.6) is 11.5 Å². The molecule has 0 saturated carbocycles. The molecule has 1 atom stereocenters. The van der Waals surface area contributed by atoms with Crippen LogP contribution in [-0.4, -0.2) is 44.3 Å². The van der Waals surface area contributed by atoms with Crippen molar-refractivity contribution in [2.24, 2.45) is 0 Å². The first-order valence-electron chi connectivity index (χ1n) is 15.8. The zero-order valence-corrected chi connectivity index (χ0v) is 27.8. The molecule has 0 bridgehead atoms. The summed E-state index contributed by atoms with van der Waals surface area (Å²) < 4.78 is 35.4. The van der Waals surface area contributed by atoms with E-state index in [9.17, 15) is 18.0 Å². The van der Waals surface area contributed by atoms with Crippen LogP contribution in [-0.2, 0) is 32.6 Å². The maximum absolute atomic E-state index is 14.5. The van der Waals surface area contributed by atoms with Gasteiger partial charge in [0.15, 0.2) is 0 Å². The van der Waals surface area contributed by atoms with Gasteiger partial charge in [-0.15, -0.1) is 0 Å². The number of hydrogen-bond acceptors (Lipinski definition) is 5. The highest BCUT2D eigenvalue weighted by atomic mass is 32.2. The molecular weight excluding hydrogens is 623 g/mol. The van der Waals surface area contributed by atoms with Crippen LogP contribution in [0, 0.1) is 6.92 Å². The fourth-order valence-electron chi connectivity index (χ4n) is 5.29. The number of benzene rings is 5. The quantitative estimate of drug-likeness (QED) is 0.142. The summed E-state index contributed by atoms with van der Waals surface area (Å²) in [6, 6.07) is 40.1. The second-order valence-corrected chi connectivity index (χ2v) is 13.2. The molecule has 0 unspecified atom stereocenters. The number of rotatable bonds is 14. The number of nitrogens with zero attached hydrogens (tertiary/aromatic N) is 2.